The molecule has 1 fully saturated rings. The number of rotatable bonds is 3. The quantitative estimate of drug-likeness (QED) is 0.657. The largest absolute Gasteiger partial charge is 0.480 e. The molecule has 0 aromatic carbocycles. The highest BCUT2D eigenvalue weighted by Gasteiger charge is 2.28. The van der Waals surface area contributed by atoms with Gasteiger partial charge in [-0.25, -0.2) is 9.59 Å². The molecule has 98 valence electrons. The van der Waals surface area contributed by atoms with Crippen LogP contribution in [0.4, 0.5) is 4.79 Å². The lowest BCUT2D eigenvalue weighted by Gasteiger charge is -2.35. The van der Waals surface area contributed by atoms with E-state index < -0.39 is 24.6 Å². The van der Waals surface area contributed by atoms with Gasteiger partial charge in [0.2, 0.25) is 0 Å². The first-order valence-corrected chi connectivity index (χ1v) is 5.84. The summed E-state index contributed by atoms with van der Waals surface area (Å²) in [4.78, 5) is 24.0. The maximum atomic E-state index is 11.8. The summed E-state index contributed by atoms with van der Waals surface area (Å²) in [5.74, 6) is -0.238. The molecule has 1 rings (SSSR count). The van der Waals surface area contributed by atoms with E-state index in [0.717, 1.165) is 6.42 Å². The van der Waals surface area contributed by atoms with Gasteiger partial charge in [-0.15, -0.1) is 0 Å². The van der Waals surface area contributed by atoms with E-state index in [4.69, 9.17) is 10.2 Å². The molecule has 0 aromatic rings. The third-order valence-electron chi connectivity index (χ3n) is 3.40. The number of urea groups is 1. The Morgan fingerprint density at radius 3 is 2.53 bits per heavy atom. The van der Waals surface area contributed by atoms with Gasteiger partial charge in [-0.2, -0.15) is 0 Å². The normalized spacial score (nSPS) is 26.4. The van der Waals surface area contributed by atoms with Gasteiger partial charge in [-0.3, -0.25) is 0 Å². The van der Waals surface area contributed by atoms with Crippen LogP contribution in [0.3, 0.4) is 0 Å². The number of nitrogens with zero attached hydrogens (tertiary/aromatic N) is 1. The molecule has 1 heterocycles. The first kappa shape index (κ1) is 13.8. The Morgan fingerprint density at radius 1 is 1.41 bits per heavy atom. The number of aliphatic carboxylic acids is 1. The molecular weight excluding hydrogens is 224 g/mol. The van der Waals surface area contributed by atoms with E-state index in [2.05, 4.69) is 19.2 Å². The number of aliphatic hydroxyl groups is 1. The van der Waals surface area contributed by atoms with Gasteiger partial charge >= 0.3 is 12.0 Å². The van der Waals surface area contributed by atoms with Gasteiger partial charge in [0.15, 0.2) is 6.04 Å². The van der Waals surface area contributed by atoms with Crippen molar-refractivity contribution in [1.29, 1.82) is 0 Å². The Bertz CT molecular complexity index is 295. The lowest BCUT2D eigenvalue weighted by Crippen LogP contribution is -2.52. The van der Waals surface area contributed by atoms with E-state index >= 15 is 0 Å². The van der Waals surface area contributed by atoms with Gasteiger partial charge < -0.3 is 20.4 Å². The van der Waals surface area contributed by atoms with Crippen molar-refractivity contribution < 1.29 is 19.8 Å². The molecule has 1 aliphatic rings. The van der Waals surface area contributed by atoms with Gasteiger partial charge in [0.1, 0.15) is 0 Å². The average molecular weight is 244 g/mol. The van der Waals surface area contributed by atoms with Crippen LogP contribution in [0, 0.1) is 11.8 Å². The van der Waals surface area contributed by atoms with Crippen LogP contribution in [0.15, 0.2) is 0 Å². The molecule has 2 amide bonds. The molecule has 1 aliphatic heterocycles. The summed E-state index contributed by atoms with van der Waals surface area (Å²) >= 11 is 0. The zero-order chi connectivity index (χ0) is 13.0. The number of amides is 2. The molecule has 3 atom stereocenters. The Labute approximate surface area is 101 Å². The summed E-state index contributed by atoms with van der Waals surface area (Å²) in [6.45, 7) is 4.89. The number of carbonyl (C=O) groups is 2. The number of nitrogens with one attached hydrogen (secondary N) is 1. The van der Waals surface area contributed by atoms with Crippen LogP contribution in [-0.2, 0) is 4.79 Å². The van der Waals surface area contributed by atoms with E-state index in [1.165, 1.54) is 0 Å². The molecule has 6 heteroatoms. The van der Waals surface area contributed by atoms with Gasteiger partial charge in [0.05, 0.1) is 6.61 Å². The molecule has 0 spiro atoms. The fourth-order valence-corrected chi connectivity index (χ4v) is 1.87. The van der Waals surface area contributed by atoms with Crippen LogP contribution in [-0.4, -0.2) is 52.9 Å². The predicted octanol–water partition coefficient (Wildman–Crippen LogP) is 0.119. The smallest absolute Gasteiger partial charge is 0.328 e. The summed E-state index contributed by atoms with van der Waals surface area (Å²) in [5, 5.41) is 19.9. The number of carboxylic acid groups (broad SMARTS) is 1. The highest BCUT2D eigenvalue weighted by atomic mass is 16.4. The summed E-state index contributed by atoms with van der Waals surface area (Å²) in [7, 11) is 0. The Morgan fingerprint density at radius 2 is 2.06 bits per heavy atom. The van der Waals surface area contributed by atoms with Crippen molar-refractivity contribution in [3.63, 3.8) is 0 Å². The zero-order valence-electron chi connectivity index (χ0n) is 10.2. The number of aliphatic hydroxyl groups excluding tert-OH is 1. The maximum absolute atomic E-state index is 11.8. The van der Waals surface area contributed by atoms with Crippen molar-refractivity contribution in [2.75, 3.05) is 19.7 Å². The minimum Gasteiger partial charge on any atom is -0.480 e. The van der Waals surface area contributed by atoms with Crippen molar-refractivity contribution in [3.8, 4) is 0 Å². The van der Waals surface area contributed by atoms with E-state index in [1.807, 2.05) is 0 Å². The van der Waals surface area contributed by atoms with Gasteiger partial charge in [-0.1, -0.05) is 13.8 Å². The third kappa shape index (κ3) is 3.59. The Kier molecular flexibility index (Phi) is 4.74. The third-order valence-corrected chi connectivity index (χ3v) is 3.40. The van der Waals surface area contributed by atoms with Crippen LogP contribution in [0.2, 0.25) is 0 Å². The lowest BCUT2D eigenvalue weighted by molar-refractivity contribution is -0.140. The van der Waals surface area contributed by atoms with Gasteiger partial charge in [-0.05, 0) is 18.3 Å². The Balaban J connectivity index is 2.50. The predicted molar refractivity (Wildman–Crippen MR) is 61.6 cm³/mol. The fraction of sp³-hybridized carbons (Fsp3) is 0.818. The highest BCUT2D eigenvalue weighted by Crippen LogP contribution is 2.22. The first-order valence-electron chi connectivity index (χ1n) is 5.84. The minimum atomic E-state index is -1.22. The Hall–Kier alpha value is -1.30. The molecule has 0 aliphatic carbocycles. The summed E-state index contributed by atoms with van der Waals surface area (Å²) in [6.07, 6.45) is 0.922. The average Bonchev–Trinajstić information content (AvgIpc) is 2.28. The first-order chi connectivity index (χ1) is 7.95. The van der Waals surface area contributed by atoms with E-state index in [1.54, 1.807) is 4.90 Å². The fourth-order valence-electron chi connectivity index (χ4n) is 1.87. The molecular formula is C11H20N2O4. The number of piperidine rings is 1. The summed E-state index contributed by atoms with van der Waals surface area (Å²) < 4.78 is 0. The number of hydrogen-bond acceptors (Lipinski definition) is 3. The highest BCUT2D eigenvalue weighted by molar-refractivity contribution is 5.82. The number of carboxylic acids is 1. The summed E-state index contributed by atoms with van der Waals surface area (Å²) in [6, 6.07) is -1.64. The molecule has 17 heavy (non-hydrogen) atoms. The van der Waals surface area contributed by atoms with Crippen LogP contribution in [0.1, 0.15) is 20.3 Å². The van der Waals surface area contributed by atoms with E-state index in [0.29, 0.717) is 24.9 Å². The second-order valence-corrected chi connectivity index (χ2v) is 4.71. The van der Waals surface area contributed by atoms with Crippen LogP contribution >= 0.6 is 0 Å². The molecule has 0 saturated carbocycles. The van der Waals surface area contributed by atoms with Crippen LogP contribution < -0.4 is 5.32 Å². The zero-order valence-corrected chi connectivity index (χ0v) is 10.2. The topological polar surface area (TPSA) is 89.9 Å². The van der Waals surface area contributed by atoms with Crippen molar-refractivity contribution in [2.45, 2.75) is 26.3 Å². The van der Waals surface area contributed by atoms with Gasteiger partial charge in [0, 0.05) is 13.1 Å². The SMILES string of the molecule is CC1CCN(C(=O)NC(CO)C(=O)O)CC1C. The molecule has 6 nitrogen and oxygen atoms in total. The van der Waals surface area contributed by atoms with E-state index in [9.17, 15) is 9.59 Å². The standard InChI is InChI=1S/C11H20N2O4/c1-7-3-4-13(5-8(7)2)11(17)12-9(6-14)10(15)16/h7-9,14H,3-6H2,1-2H3,(H,12,17)(H,15,16). The number of likely N-dealkylation sites (tertiary alicyclic amines) is 1. The van der Waals surface area contributed by atoms with E-state index in [-0.39, 0.29) is 0 Å². The van der Waals surface area contributed by atoms with Crippen molar-refractivity contribution in [1.82, 2.24) is 10.2 Å². The second kappa shape index (κ2) is 5.86. The van der Waals surface area contributed by atoms with Crippen LogP contribution in [0.25, 0.3) is 0 Å². The summed E-state index contributed by atoms with van der Waals surface area (Å²) in [5.41, 5.74) is 0. The van der Waals surface area contributed by atoms with Gasteiger partial charge in [0.25, 0.3) is 0 Å². The minimum absolute atomic E-state index is 0.409. The molecule has 1 saturated heterocycles. The monoisotopic (exact) mass is 244 g/mol. The maximum Gasteiger partial charge on any atom is 0.328 e. The molecule has 3 N–H and O–H groups in total. The van der Waals surface area contributed by atoms with Crippen molar-refractivity contribution in [3.05, 3.63) is 0 Å². The lowest BCUT2D eigenvalue weighted by atomic mass is 9.89. The number of hydrogen-bond donors (Lipinski definition) is 3. The van der Waals surface area contributed by atoms with Crippen molar-refractivity contribution >= 4 is 12.0 Å². The molecule has 0 radical (unpaired) electrons. The second-order valence-electron chi connectivity index (χ2n) is 4.71. The number of carbonyl (C=O) groups excluding carboxylic acids is 1. The molecule has 0 bridgehead atoms. The molecule has 0 aromatic heterocycles. The molecule has 3 unspecified atom stereocenters. The van der Waals surface area contributed by atoms with Crippen LogP contribution in [0.5, 0.6) is 0 Å². The van der Waals surface area contributed by atoms with Crippen molar-refractivity contribution in [2.24, 2.45) is 11.8 Å².